The van der Waals surface area contributed by atoms with E-state index in [1.165, 1.54) is 25.3 Å². The maximum atomic E-state index is 12.1. The summed E-state index contributed by atoms with van der Waals surface area (Å²) in [6.45, 7) is 0.887. The van der Waals surface area contributed by atoms with E-state index in [9.17, 15) is 16.8 Å². The first kappa shape index (κ1) is 18.0. The van der Waals surface area contributed by atoms with Gasteiger partial charge in [-0.05, 0) is 12.1 Å². The standard InChI is InChI=1S/C11H18N2O6S2/c1-18-8-9-19-7-6-13-21(16,17)11-5-3-2-4-10(11)20(12,14)15/h2-5,13H,6-9H2,1H3,(H2,12,14,15). The molecule has 0 spiro atoms. The van der Waals surface area contributed by atoms with Crippen LogP contribution in [0.4, 0.5) is 0 Å². The summed E-state index contributed by atoms with van der Waals surface area (Å²) in [7, 11) is -6.59. The molecular formula is C11H18N2O6S2. The lowest BCUT2D eigenvalue weighted by Gasteiger charge is -2.10. The normalized spacial score (nSPS) is 12.5. The fraction of sp³-hybridized carbons (Fsp3) is 0.455. The van der Waals surface area contributed by atoms with Crippen molar-refractivity contribution in [2.24, 2.45) is 5.14 Å². The second kappa shape index (κ2) is 7.82. The van der Waals surface area contributed by atoms with Crippen molar-refractivity contribution in [2.75, 3.05) is 33.5 Å². The quantitative estimate of drug-likeness (QED) is 0.572. The van der Waals surface area contributed by atoms with Gasteiger partial charge in [0.25, 0.3) is 0 Å². The topological polar surface area (TPSA) is 125 Å². The van der Waals surface area contributed by atoms with E-state index in [2.05, 4.69) is 4.72 Å². The average molecular weight is 338 g/mol. The Hall–Kier alpha value is -1.04. The minimum atomic E-state index is -4.13. The van der Waals surface area contributed by atoms with Gasteiger partial charge in [-0.25, -0.2) is 26.7 Å². The van der Waals surface area contributed by atoms with Gasteiger partial charge in [-0.2, -0.15) is 0 Å². The highest BCUT2D eigenvalue weighted by atomic mass is 32.2. The zero-order valence-electron chi connectivity index (χ0n) is 11.5. The van der Waals surface area contributed by atoms with E-state index in [1.54, 1.807) is 0 Å². The highest BCUT2D eigenvalue weighted by Crippen LogP contribution is 2.18. The first-order valence-corrected chi connectivity index (χ1v) is 9.00. The SMILES string of the molecule is COCCOCCNS(=O)(=O)c1ccccc1S(N)(=O)=O. The third-order valence-electron chi connectivity index (χ3n) is 2.42. The van der Waals surface area contributed by atoms with Gasteiger partial charge in [-0.15, -0.1) is 0 Å². The summed E-state index contributed by atoms with van der Waals surface area (Å²) in [6, 6.07) is 5.12. The lowest BCUT2D eigenvalue weighted by molar-refractivity contribution is 0.0736. The second-order valence-electron chi connectivity index (χ2n) is 3.99. The summed E-state index contributed by atoms with van der Waals surface area (Å²) in [5.74, 6) is 0. The third kappa shape index (κ3) is 5.69. The highest BCUT2D eigenvalue weighted by Gasteiger charge is 2.23. The van der Waals surface area contributed by atoms with E-state index in [0.717, 1.165) is 6.07 Å². The largest absolute Gasteiger partial charge is 0.382 e. The van der Waals surface area contributed by atoms with Crippen LogP contribution in [-0.2, 0) is 29.5 Å². The van der Waals surface area contributed by atoms with Crippen LogP contribution in [0.3, 0.4) is 0 Å². The molecule has 0 fully saturated rings. The molecule has 120 valence electrons. The number of primary sulfonamides is 1. The molecule has 0 unspecified atom stereocenters. The van der Waals surface area contributed by atoms with Gasteiger partial charge in [0.05, 0.1) is 19.8 Å². The smallest absolute Gasteiger partial charge is 0.241 e. The van der Waals surface area contributed by atoms with Crippen LogP contribution in [0.5, 0.6) is 0 Å². The molecule has 0 saturated carbocycles. The Labute approximate surface area is 124 Å². The fourth-order valence-electron chi connectivity index (χ4n) is 1.48. The molecule has 10 heteroatoms. The minimum absolute atomic E-state index is 0.00496. The summed E-state index contributed by atoms with van der Waals surface area (Å²) in [4.78, 5) is -0.831. The Morgan fingerprint density at radius 3 is 2.24 bits per heavy atom. The van der Waals surface area contributed by atoms with E-state index < -0.39 is 24.9 Å². The molecule has 0 aliphatic rings. The Bertz CT molecular complexity index is 657. The van der Waals surface area contributed by atoms with Gasteiger partial charge in [0.2, 0.25) is 20.0 Å². The number of benzene rings is 1. The van der Waals surface area contributed by atoms with Gasteiger partial charge in [-0.3, -0.25) is 0 Å². The predicted molar refractivity (Wildman–Crippen MR) is 75.7 cm³/mol. The first-order valence-electron chi connectivity index (χ1n) is 5.97. The van der Waals surface area contributed by atoms with Gasteiger partial charge >= 0.3 is 0 Å². The molecule has 1 rings (SSSR count). The van der Waals surface area contributed by atoms with Gasteiger partial charge in [0, 0.05) is 13.7 Å². The summed E-state index contributed by atoms with van der Waals surface area (Å²) >= 11 is 0. The van der Waals surface area contributed by atoms with E-state index >= 15 is 0 Å². The fourth-order valence-corrected chi connectivity index (χ4v) is 3.87. The first-order chi connectivity index (χ1) is 9.79. The number of sulfonamides is 2. The van der Waals surface area contributed by atoms with Crippen LogP contribution in [0.15, 0.2) is 34.1 Å². The van der Waals surface area contributed by atoms with Crippen LogP contribution in [0.25, 0.3) is 0 Å². The van der Waals surface area contributed by atoms with Crippen LogP contribution >= 0.6 is 0 Å². The molecule has 0 saturated heterocycles. The maximum Gasteiger partial charge on any atom is 0.241 e. The van der Waals surface area contributed by atoms with Crippen molar-refractivity contribution in [3.8, 4) is 0 Å². The molecule has 0 heterocycles. The molecular weight excluding hydrogens is 320 g/mol. The molecule has 0 amide bonds. The molecule has 0 bridgehead atoms. The molecule has 8 nitrogen and oxygen atoms in total. The highest BCUT2D eigenvalue weighted by molar-refractivity contribution is 7.92. The summed E-state index contributed by atoms with van der Waals surface area (Å²) < 4.78 is 59.1. The van der Waals surface area contributed by atoms with Crippen LogP contribution in [-0.4, -0.2) is 50.3 Å². The molecule has 0 aliphatic heterocycles. The van der Waals surface area contributed by atoms with E-state index in [0.29, 0.717) is 13.2 Å². The van der Waals surface area contributed by atoms with Crippen LogP contribution in [0, 0.1) is 0 Å². The Balaban J connectivity index is 2.76. The number of nitrogens with one attached hydrogen (secondary N) is 1. The number of nitrogens with two attached hydrogens (primary N) is 1. The van der Waals surface area contributed by atoms with Crippen molar-refractivity contribution < 1.29 is 26.3 Å². The zero-order chi connectivity index (χ0) is 15.9. The van der Waals surface area contributed by atoms with E-state index in [1.807, 2.05) is 0 Å². The molecule has 0 atom stereocenters. The van der Waals surface area contributed by atoms with Crippen LogP contribution in [0.2, 0.25) is 0 Å². The summed E-state index contributed by atoms with van der Waals surface area (Å²) in [5, 5.41) is 5.01. The monoisotopic (exact) mass is 338 g/mol. The van der Waals surface area contributed by atoms with Crippen molar-refractivity contribution in [1.82, 2.24) is 4.72 Å². The number of methoxy groups -OCH3 is 1. The number of hydrogen-bond donors (Lipinski definition) is 2. The maximum absolute atomic E-state index is 12.1. The van der Waals surface area contributed by atoms with E-state index in [-0.39, 0.29) is 18.0 Å². The van der Waals surface area contributed by atoms with Gasteiger partial charge in [0.1, 0.15) is 9.79 Å². The number of hydrogen-bond acceptors (Lipinski definition) is 6. The lowest BCUT2D eigenvalue weighted by Crippen LogP contribution is -2.29. The average Bonchev–Trinajstić information content (AvgIpc) is 2.42. The number of rotatable bonds is 9. The van der Waals surface area contributed by atoms with Crippen LogP contribution < -0.4 is 9.86 Å². The van der Waals surface area contributed by atoms with Crippen molar-refractivity contribution in [3.05, 3.63) is 24.3 Å². The van der Waals surface area contributed by atoms with Crippen LogP contribution in [0.1, 0.15) is 0 Å². The lowest BCUT2D eigenvalue weighted by atomic mass is 10.4. The Morgan fingerprint density at radius 2 is 1.67 bits per heavy atom. The Morgan fingerprint density at radius 1 is 1.05 bits per heavy atom. The Kier molecular flexibility index (Phi) is 6.71. The number of ether oxygens (including phenoxy) is 2. The minimum Gasteiger partial charge on any atom is -0.382 e. The molecule has 0 aliphatic carbocycles. The molecule has 0 radical (unpaired) electrons. The second-order valence-corrected chi connectivity index (χ2v) is 7.26. The summed E-state index contributed by atoms with van der Waals surface area (Å²) in [5.41, 5.74) is 0. The van der Waals surface area contributed by atoms with Gasteiger partial charge in [-0.1, -0.05) is 12.1 Å². The predicted octanol–water partition coefficient (Wildman–Crippen LogP) is -0.725. The summed E-state index contributed by atoms with van der Waals surface area (Å²) in [6.07, 6.45) is 0. The van der Waals surface area contributed by atoms with Crippen molar-refractivity contribution in [2.45, 2.75) is 9.79 Å². The molecule has 0 aromatic heterocycles. The van der Waals surface area contributed by atoms with E-state index in [4.69, 9.17) is 14.6 Å². The molecule has 1 aromatic rings. The molecule has 1 aromatic carbocycles. The van der Waals surface area contributed by atoms with Gasteiger partial charge < -0.3 is 9.47 Å². The third-order valence-corrected chi connectivity index (χ3v) is 5.03. The van der Waals surface area contributed by atoms with Crippen molar-refractivity contribution in [1.29, 1.82) is 0 Å². The van der Waals surface area contributed by atoms with Gasteiger partial charge in [0.15, 0.2) is 0 Å². The zero-order valence-corrected chi connectivity index (χ0v) is 13.1. The molecule has 21 heavy (non-hydrogen) atoms. The van der Waals surface area contributed by atoms with Crippen molar-refractivity contribution >= 4 is 20.0 Å². The van der Waals surface area contributed by atoms with Crippen molar-refractivity contribution in [3.63, 3.8) is 0 Å². The molecule has 3 N–H and O–H groups in total.